The van der Waals surface area contributed by atoms with Gasteiger partial charge in [0.25, 0.3) is 0 Å². The molecule has 0 bridgehead atoms. The molecule has 0 saturated heterocycles. The van der Waals surface area contributed by atoms with E-state index in [1.54, 1.807) is 0 Å². The van der Waals surface area contributed by atoms with Crippen molar-refractivity contribution in [2.75, 3.05) is 0 Å². The van der Waals surface area contributed by atoms with Gasteiger partial charge in [-0.05, 0) is 48.9 Å². The number of rotatable bonds is 1. The van der Waals surface area contributed by atoms with Gasteiger partial charge in [0.2, 0.25) is 0 Å². The monoisotopic (exact) mass is 224 g/mol. The Labute approximate surface area is 101 Å². The van der Waals surface area contributed by atoms with Crippen LogP contribution in [0.15, 0.2) is 0 Å². The minimum atomic E-state index is -0.373. The van der Waals surface area contributed by atoms with Gasteiger partial charge in [0.15, 0.2) is 0 Å². The summed E-state index contributed by atoms with van der Waals surface area (Å²) in [5, 5.41) is 11.0. The Hall–Kier alpha value is -0.0400. The Bertz CT molecular complexity index is 243. The summed E-state index contributed by atoms with van der Waals surface area (Å²) in [5.41, 5.74) is 0.236. The van der Waals surface area contributed by atoms with E-state index in [1.807, 2.05) is 0 Å². The SMILES string of the molecule is CC1(C)CC(C)(C)CC(O)(C2CCCC2)C1. The predicted octanol–water partition coefficient (Wildman–Crippen LogP) is 4.14. The average Bonchev–Trinajstić information content (AvgIpc) is 2.46. The molecule has 2 aliphatic carbocycles. The predicted molar refractivity (Wildman–Crippen MR) is 68.3 cm³/mol. The Morgan fingerprint density at radius 1 is 0.812 bits per heavy atom. The summed E-state index contributed by atoms with van der Waals surface area (Å²) in [7, 11) is 0. The molecule has 16 heavy (non-hydrogen) atoms. The van der Waals surface area contributed by atoms with Crippen LogP contribution >= 0.6 is 0 Å². The second-order valence-corrected chi connectivity index (χ2v) is 7.94. The van der Waals surface area contributed by atoms with Gasteiger partial charge in [-0.3, -0.25) is 0 Å². The molecule has 2 fully saturated rings. The quantitative estimate of drug-likeness (QED) is 0.709. The van der Waals surface area contributed by atoms with Crippen molar-refractivity contribution in [1.29, 1.82) is 0 Å². The van der Waals surface area contributed by atoms with Crippen LogP contribution in [0, 0.1) is 16.7 Å². The van der Waals surface area contributed by atoms with Crippen molar-refractivity contribution in [2.45, 2.75) is 78.2 Å². The fraction of sp³-hybridized carbons (Fsp3) is 1.00. The molecule has 0 radical (unpaired) electrons. The molecule has 2 aliphatic rings. The zero-order chi connectivity index (χ0) is 12.0. The Morgan fingerprint density at radius 3 is 1.69 bits per heavy atom. The first-order valence-electron chi connectivity index (χ1n) is 6.95. The maximum absolute atomic E-state index is 11.0. The Kier molecular flexibility index (Phi) is 2.89. The van der Waals surface area contributed by atoms with Crippen molar-refractivity contribution < 1.29 is 5.11 Å². The van der Waals surface area contributed by atoms with Crippen molar-refractivity contribution in [3.05, 3.63) is 0 Å². The second-order valence-electron chi connectivity index (χ2n) is 7.94. The average molecular weight is 224 g/mol. The normalized spacial score (nSPS) is 32.8. The summed E-state index contributed by atoms with van der Waals surface area (Å²) in [5.74, 6) is 0.575. The molecule has 0 aromatic carbocycles. The molecule has 0 aliphatic heterocycles. The molecule has 1 heteroatoms. The van der Waals surface area contributed by atoms with E-state index in [0.29, 0.717) is 16.7 Å². The zero-order valence-corrected chi connectivity index (χ0v) is 11.5. The van der Waals surface area contributed by atoms with E-state index in [1.165, 1.54) is 32.1 Å². The van der Waals surface area contributed by atoms with Gasteiger partial charge in [-0.15, -0.1) is 0 Å². The lowest BCUT2D eigenvalue weighted by molar-refractivity contribution is -0.120. The molecule has 2 saturated carbocycles. The minimum absolute atomic E-state index is 0.305. The van der Waals surface area contributed by atoms with Crippen molar-refractivity contribution >= 4 is 0 Å². The molecular weight excluding hydrogens is 196 g/mol. The highest BCUT2D eigenvalue weighted by Crippen LogP contribution is 2.54. The maximum Gasteiger partial charge on any atom is 0.0686 e. The maximum atomic E-state index is 11.0. The van der Waals surface area contributed by atoms with E-state index in [0.717, 1.165) is 12.8 Å². The summed E-state index contributed by atoms with van der Waals surface area (Å²) in [6, 6.07) is 0. The lowest BCUT2D eigenvalue weighted by Gasteiger charge is -2.52. The van der Waals surface area contributed by atoms with E-state index >= 15 is 0 Å². The number of hydrogen-bond acceptors (Lipinski definition) is 1. The van der Waals surface area contributed by atoms with Gasteiger partial charge in [0, 0.05) is 0 Å². The molecule has 0 atom stereocenters. The van der Waals surface area contributed by atoms with Crippen LogP contribution in [0.1, 0.15) is 72.6 Å². The second kappa shape index (κ2) is 3.73. The Balaban J connectivity index is 2.19. The summed E-state index contributed by atoms with van der Waals surface area (Å²) in [4.78, 5) is 0. The molecule has 0 unspecified atom stereocenters. The molecule has 1 N–H and O–H groups in total. The van der Waals surface area contributed by atoms with Crippen LogP contribution in [-0.4, -0.2) is 10.7 Å². The lowest BCUT2D eigenvalue weighted by Crippen LogP contribution is -2.49. The minimum Gasteiger partial charge on any atom is -0.390 e. The summed E-state index contributed by atoms with van der Waals surface area (Å²) < 4.78 is 0. The number of hydrogen-bond donors (Lipinski definition) is 1. The van der Waals surface area contributed by atoms with Gasteiger partial charge >= 0.3 is 0 Å². The molecule has 0 spiro atoms. The van der Waals surface area contributed by atoms with E-state index in [9.17, 15) is 5.11 Å². The molecule has 2 rings (SSSR count). The molecule has 94 valence electrons. The zero-order valence-electron chi connectivity index (χ0n) is 11.5. The van der Waals surface area contributed by atoms with Crippen molar-refractivity contribution in [3.63, 3.8) is 0 Å². The van der Waals surface area contributed by atoms with Crippen LogP contribution in [0.5, 0.6) is 0 Å². The first-order chi connectivity index (χ1) is 7.23. The largest absolute Gasteiger partial charge is 0.390 e. The third kappa shape index (κ3) is 2.45. The highest BCUT2D eigenvalue weighted by Gasteiger charge is 2.50. The van der Waals surface area contributed by atoms with Crippen molar-refractivity contribution in [3.8, 4) is 0 Å². The lowest BCUT2D eigenvalue weighted by atomic mass is 9.56. The molecule has 0 aromatic heterocycles. The van der Waals surface area contributed by atoms with Gasteiger partial charge in [0.1, 0.15) is 0 Å². The molecule has 1 nitrogen and oxygen atoms in total. The van der Waals surface area contributed by atoms with Gasteiger partial charge in [-0.1, -0.05) is 40.5 Å². The van der Waals surface area contributed by atoms with Crippen LogP contribution in [0.3, 0.4) is 0 Å². The topological polar surface area (TPSA) is 20.2 Å². The van der Waals surface area contributed by atoms with Crippen LogP contribution in [0.25, 0.3) is 0 Å². The van der Waals surface area contributed by atoms with E-state index in [-0.39, 0.29) is 5.60 Å². The smallest absolute Gasteiger partial charge is 0.0686 e. The van der Waals surface area contributed by atoms with Crippen LogP contribution in [0.2, 0.25) is 0 Å². The summed E-state index contributed by atoms with van der Waals surface area (Å²) in [6.45, 7) is 9.31. The van der Waals surface area contributed by atoms with Gasteiger partial charge < -0.3 is 5.11 Å². The molecule has 0 heterocycles. The molecule has 0 aromatic rings. The summed E-state index contributed by atoms with van der Waals surface area (Å²) in [6.07, 6.45) is 8.42. The van der Waals surface area contributed by atoms with Gasteiger partial charge in [0.05, 0.1) is 5.60 Å². The van der Waals surface area contributed by atoms with E-state index in [4.69, 9.17) is 0 Å². The van der Waals surface area contributed by atoms with E-state index in [2.05, 4.69) is 27.7 Å². The van der Waals surface area contributed by atoms with Crippen LogP contribution in [0.4, 0.5) is 0 Å². The fourth-order valence-corrected chi connectivity index (χ4v) is 4.89. The summed E-state index contributed by atoms with van der Waals surface area (Å²) >= 11 is 0. The van der Waals surface area contributed by atoms with Crippen molar-refractivity contribution in [1.82, 2.24) is 0 Å². The van der Waals surface area contributed by atoms with E-state index < -0.39 is 0 Å². The first-order valence-corrected chi connectivity index (χ1v) is 6.95. The standard InChI is InChI=1S/C15H28O/c1-13(2)9-14(3,4)11-15(16,10-13)12-7-5-6-8-12/h12,16H,5-11H2,1-4H3. The van der Waals surface area contributed by atoms with Crippen LogP contribution < -0.4 is 0 Å². The highest BCUT2D eigenvalue weighted by molar-refractivity contribution is 5.01. The molecular formula is C15H28O. The number of aliphatic hydroxyl groups is 1. The van der Waals surface area contributed by atoms with Gasteiger partial charge in [-0.25, -0.2) is 0 Å². The van der Waals surface area contributed by atoms with Crippen molar-refractivity contribution in [2.24, 2.45) is 16.7 Å². The first kappa shape index (κ1) is 12.4. The third-order valence-electron chi connectivity index (χ3n) is 4.64. The third-order valence-corrected chi connectivity index (χ3v) is 4.64. The molecule has 0 amide bonds. The Morgan fingerprint density at radius 2 is 1.25 bits per heavy atom. The fourth-order valence-electron chi connectivity index (χ4n) is 4.89. The van der Waals surface area contributed by atoms with Gasteiger partial charge in [-0.2, -0.15) is 0 Å². The highest BCUT2D eigenvalue weighted by atomic mass is 16.3. The van der Waals surface area contributed by atoms with Crippen LogP contribution in [-0.2, 0) is 0 Å².